The van der Waals surface area contributed by atoms with Crippen LogP contribution in [0.15, 0.2) is 29.5 Å². The fraction of sp³-hybridized carbons (Fsp3) is 0.471. The molecule has 0 radical (unpaired) electrons. The van der Waals surface area contributed by atoms with Crippen molar-refractivity contribution in [3.05, 3.63) is 47.3 Å². The summed E-state index contributed by atoms with van der Waals surface area (Å²) in [5, 5.41) is 14.5. The van der Waals surface area contributed by atoms with Gasteiger partial charge in [-0.1, -0.05) is 6.07 Å². The van der Waals surface area contributed by atoms with Crippen LogP contribution >= 0.6 is 0 Å². The molecular weight excluding hydrogens is 307 g/mol. The van der Waals surface area contributed by atoms with Crippen LogP contribution in [0.1, 0.15) is 30.8 Å². The minimum absolute atomic E-state index is 0.195. The Morgan fingerprint density at radius 1 is 1.29 bits per heavy atom. The van der Waals surface area contributed by atoms with Crippen LogP contribution in [0.25, 0.3) is 0 Å². The summed E-state index contributed by atoms with van der Waals surface area (Å²) in [6, 6.07) is 4.89. The lowest BCUT2D eigenvalue weighted by molar-refractivity contribution is 0.625. The standard InChI is InChI=1S/C17H25FN6/c1-4-19-17(21-11-16-23-22-12-24(16)5-2)20-9-8-14-6-7-15(18)10-13(14)3/h6-7,10,12H,4-5,8-9,11H2,1-3H3,(H2,19,20,21). The number of aromatic nitrogens is 3. The number of rotatable bonds is 7. The van der Waals surface area contributed by atoms with Gasteiger partial charge in [0.15, 0.2) is 11.8 Å². The highest BCUT2D eigenvalue weighted by atomic mass is 19.1. The largest absolute Gasteiger partial charge is 0.357 e. The van der Waals surface area contributed by atoms with Gasteiger partial charge in [0.05, 0.1) is 0 Å². The first-order valence-electron chi connectivity index (χ1n) is 8.28. The van der Waals surface area contributed by atoms with Crippen LogP contribution in [0.5, 0.6) is 0 Å². The molecule has 0 bridgehead atoms. The zero-order valence-electron chi connectivity index (χ0n) is 14.5. The maximum atomic E-state index is 13.1. The summed E-state index contributed by atoms with van der Waals surface area (Å²) in [5.41, 5.74) is 2.10. The van der Waals surface area contributed by atoms with Gasteiger partial charge in [-0.15, -0.1) is 10.2 Å². The average Bonchev–Trinajstić information content (AvgIpc) is 3.02. The van der Waals surface area contributed by atoms with Crippen molar-refractivity contribution in [1.29, 1.82) is 0 Å². The lowest BCUT2D eigenvalue weighted by Gasteiger charge is -2.12. The lowest BCUT2D eigenvalue weighted by atomic mass is 10.1. The van der Waals surface area contributed by atoms with Crippen molar-refractivity contribution in [2.45, 2.75) is 40.3 Å². The minimum atomic E-state index is -0.195. The van der Waals surface area contributed by atoms with E-state index in [1.807, 2.05) is 31.4 Å². The molecule has 7 heteroatoms. The Balaban J connectivity index is 1.92. The molecule has 6 nitrogen and oxygen atoms in total. The van der Waals surface area contributed by atoms with Gasteiger partial charge in [-0.25, -0.2) is 9.38 Å². The third-order valence-electron chi connectivity index (χ3n) is 3.75. The van der Waals surface area contributed by atoms with Crippen molar-refractivity contribution in [2.75, 3.05) is 13.1 Å². The molecule has 2 N–H and O–H groups in total. The van der Waals surface area contributed by atoms with E-state index in [2.05, 4.69) is 25.8 Å². The topological polar surface area (TPSA) is 67.1 Å². The first-order valence-corrected chi connectivity index (χ1v) is 8.28. The van der Waals surface area contributed by atoms with Crippen LogP contribution in [0.4, 0.5) is 4.39 Å². The number of hydrogen-bond acceptors (Lipinski definition) is 3. The Kier molecular flexibility index (Phi) is 6.72. The molecule has 24 heavy (non-hydrogen) atoms. The Morgan fingerprint density at radius 2 is 2.12 bits per heavy atom. The van der Waals surface area contributed by atoms with Crippen molar-refractivity contribution in [2.24, 2.45) is 4.99 Å². The molecule has 0 amide bonds. The third-order valence-corrected chi connectivity index (χ3v) is 3.75. The molecule has 0 saturated heterocycles. The predicted octanol–water partition coefficient (Wildman–Crippen LogP) is 2.04. The second kappa shape index (κ2) is 9.00. The minimum Gasteiger partial charge on any atom is -0.357 e. The van der Waals surface area contributed by atoms with E-state index in [0.717, 1.165) is 49.0 Å². The van der Waals surface area contributed by atoms with Crippen molar-refractivity contribution >= 4 is 5.96 Å². The van der Waals surface area contributed by atoms with E-state index in [0.29, 0.717) is 6.54 Å². The van der Waals surface area contributed by atoms with Gasteiger partial charge < -0.3 is 15.2 Å². The Hall–Kier alpha value is -2.44. The summed E-state index contributed by atoms with van der Waals surface area (Å²) in [4.78, 5) is 4.54. The molecule has 0 unspecified atom stereocenters. The Bertz CT molecular complexity index is 679. The van der Waals surface area contributed by atoms with Gasteiger partial charge in [0.1, 0.15) is 18.7 Å². The van der Waals surface area contributed by atoms with E-state index >= 15 is 0 Å². The van der Waals surface area contributed by atoms with Crippen LogP contribution < -0.4 is 10.6 Å². The second-order valence-electron chi connectivity index (χ2n) is 5.48. The zero-order valence-corrected chi connectivity index (χ0v) is 14.5. The van der Waals surface area contributed by atoms with Gasteiger partial charge in [-0.3, -0.25) is 0 Å². The number of hydrogen-bond donors (Lipinski definition) is 2. The molecule has 0 fully saturated rings. The van der Waals surface area contributed by atoms with Crippen molar-refractivity contribution in [1.82, 2.24) is 25.4 Å². The fourth-order valence-electron chi connectivity index (χ4n) is 2.41. The van der Waals surface area contributed by atoms with E-state index in [-0.39, 0.29) is 5.82 Å². The van der Waals surface area contributed by atoms with E-state index in [4.69, 9.17) is 0 Å². The van der Waals surface area contributed by atoms with Gasteiger partial charge in [-0.05, 0) is 50.5 Å². The third kappa shape index (κ3) is 5.04. The summed E-state index contributed by atoms with van der Waals surface area (Å²) < 4.78 is 15.1. The van der Waals surface area contributed by atoms with Crippen LogP contribution in [0.3, 0.4) is 0 Å². The summed E-state index contributed by atoms with van der Waals surface area (Å²) in [7, 11) is 0. The maximum absolute atomic E-state index is 13.1. The van der Waals surface area contributed by atoms with Crippen molar-refractivity contribution < 1.29 is 4.39 Å². The number of nitrogens with one attached hydrogen (secondary N) is 2. The van der Waals surface area contributed by atoms with Gasteiger partial charge >= 0.3 is 0 Å². The van der Waals surface area contributed by atoms with Crippen LogP contribution in [0.2, 0.25) is 0 Å². The zero-order chi connectivity index (χ0) is 17.4. The molecule has 0 atom stereocenters. The molecular formula is C17H25FN6. The van der Waals surface area contributed by atoms with Gasteiger partial charge in [0.2, 0.25) is 0 Å². The lowest BCUT2D eigenvalue weighted by Crippen LogP contribution is -2.38. The number of aliphatic imine (C=N–C) groups is 1. The van der Waals surface area contributed by atoms with Crippen molar-refractivity contribution in [3.63, 3.8) is 0 Å². The number of guanidine groups is 1. The molecule has 2 rings (SSSR count). The first kappa shape index (κ1) is 17.9. The Labute approximate surface area is 142 Å². The van der Waals surface area contributed by atoms with Crippen molar-refractivity contribution in [3.8, 4) is 0 Å². The molecule has 0 saturated carbocycles. The number of aryl methyl sites for hydroxylation is 2. The maximum Gasteiger partial charge on any atom is 0.191 e. The second-order valence-corrected chi connectivity index (χ2v) is 5.48. The van der Waals surface area contributed by atoms with E-state index in [1.54, 1.807) is 12.4 Å². The molecule has 130 valence electrons. The van der Waals surface area contributed by atoms with Gasteiger partial charge in [-0.2, -0.15) is 0 Å². The summed E-state index contributed by atoms with van der Waals surface area (Å²) in [5.74, 6) is 1.38. The van der Waals surface area contributed by atoms with Crippen LogP contribution in [0, 0.1) is 12.7 Å². The van der Waals surface area contributed by atoms with Crippen LogP contribution in [-0.2, 0) is 19.5 Å². The van der Waals surface area contributed by atoms with Gasteiger partial charge in [0, 0.05) is 19.6 Å². The number of nitrogens with zero attached hydrogens (tertiary/aromatic N) is 4. The molecule has 0 aliphatic rings. The molecule has 1 heterocycles. The smallest absolute Gasteiger partial charge is 0.191 e. The predicted molar refractivity (Wildman–Crippen MR) is 93.4 cm³/mol. The van der Waals surface area contributed by atoms with Crippen LogP contribution in [-0.4, -0.2) is 33.8 Å². The highest BCUT2D eigenvalue weighted by Gasteiger charge is 2.04. The number of benzene rings is 1. The van der Waals surface area contributed by atoms with E-state index in [9.17, 15) is 4.39 Å². The summed E-state index contributed by atoms with van der Waals surface area (Å²) >= 11 is 0. The molecule has 0 spiro atoms. The number of halogens is 1. The summed E-state index contributed by atoms with van der Waals surface area (Å²) in [6.07, 6.45) is 2.52. The molecule has 0 aliphatic heterocycles. The summed E-state index contributed by atoms with van der Waals surface area (Å²) in [6.45, 7) is 8.79. The molecule has 0 aliphatic carbocycles. The highest BCUT2D eigenvalue weighted by molar-refractivity contribution is 5.79. The first-order chi connectivity index (χ1) is 11.6. The van der Waals surface area contributed by atoms with E-state index in [1.165, 1.54) is 6.07 Å². The van der Waals surface area contributed by atoms with Gasteiger partial charge in [0.25, 0.3) is 0 Å². The SMILES string of the molecule is CCNC(=NCc1nncn1CC)NCCc1ccc(F)cc1C. The highest BCUT2D eigenvalue weighted by Crippen LogP contribution is 2.10. The Morgan fingerprint density at radius 3 is 2.83 bits per heavy atom. The normalized spacial score (nSPS) is 11.6. The quantitative estimate of drug-likeness (QED) is 0.601. The average molecular weight is 332 g/mol. The monoisotopic (exact) mass is 332 g/mol. The molecule has 2 aromatic rings. The van der Waals surface area contributed by atoms with E-state index < -0.39 is 0 Å². The fourth-order valence-corrected chi connectivity index (χ4v) is 2.41. The molecule has 1 aromatic heterocycles. The molecule has 1 aromatic carbocycles.